The number of carbonyl (C=O) groups excluding carboxylic acids is 2. The van der Waals surface area contributed by atoms with Crippen LogP contribution in [0.1, 0.15) is 20.8 Å². The Morgan fingerprint density at radius 2 is 2.00 bits per heavy atom. The van der Waals surface area contributed by atoms with Gasteiger partial charge in [0.15, 0.2) is 0 Å². The number of aliphatic imine (C=N–C) groups is 1. The second-order valence-electron chi connectivity index (χ2n) is 5.28. The van der Waals surface area contributed by atoms with Crippen LogP contribution < -0.4 is 0 Å². The number of fused-ring (bicyclic) bond motifs is 2. The van der Waals surface area contributed by atoms with E-state index in [1.807, 2.05) is 18.4 Å². The summed E-state index contributed by atoms with van der Waals surface area (Å²) in [5, 5.41) is 6.22. The summed E-state index contributed by atoms with van der Waals surface area (Å²) in [6, 6.07) is -0.846. The van der Waals surface area contributed by atoms with Crippen LogP contribution in [0.2, 0.25) is 0 Å². The van der Waals surface area contributed by atoms with Crippen molar-refractivity contribution in [3.05, 3.63) is 0 Å². The highest BCUT2D eigenvalue weighted by molar-refractivity contribution is 6.23. The molecule has 1 atom stereocenters. The van der Waals surface area contributed by atoms with E-state index >= 15 is 0 Å². The molecule has 3 rings (SSSR count). The third-order valence-electron chi connectivity index (χ3n) is 3.93. The van der Waals surface area contributed by atoms with Gasteiger partial charge < -0.3 is 0 Å². The van der Waals surface area contributed by atoms with Gasteiger partial charge in [-0.1, -0.05) is 4.99 Å². The summed E-state index contributed by atoms with van der Waals surface area (Å²) in [7, 11) is 1.66. The van der Waals surface area contributed by atoms with E-state index in [0.29, 0.717) is 31.4 Å². The van der Waals surface area contributed by atoms with Crippen LogP contribution in [0.5, 0.6) is 0 Å². The third-order valence-corrected chi connectivity index (χ3v) is 3.93. The summed E-state index contributed by atoms with van der Waals surface area (Å²) in [6.07, 6.45) is 0. The zero-order chi connectivity index (χ0) is 15.3. The first-order chi connectivity index (χ1) is 9.99. The Balaban J connectivity index is 2.06. The number of imide groups is 1. The van der Waals surface area contributed by atoms with Crippen molar-refractivity contribution in [1.29, 1.82) is 0 Å². The molecule has 0 N–H and O–H groups in total. The molecule has 0 saturated carbocycles. The SMILES string of the molecule is CCN1N=C(C)C[N+]2=C1N=C1C2C(=O)N(CC)C(=O)N1C. The van der Waals surface area contributed by atoms with E-state index in [4.69, 9.17) is 0 Å². The van der Waals surface area contributed by atoms with Gasteiger partial charge in [0.25, 0.3) is 5.91 Å². The highest BCUT2D eigenvalue weighted by Crippen LogP contribution is 2.22. The van der Waals surface area contributed by atoms with E-state index in [1.165, 1.54) is 9.80 Å². The fourth-order valence-corrected chi connectivity index (χ4v) is 2.91. The van der Waals surface area contributed by atoms with Crippen LogP contribution in [0.3, 0.4) is 0 Å². The number of amidine groups is 1. The van der Waals surface area contributed by atoms with Crippen molar-refractivity contribution in [3.8, 4) is 0 Å². The van der Waals surface area contributed by atoms with Gasteiger partial charge in [-0.3, -0.25) is 14.6 Å². The molecule has 3 heterocycles. The first-order valence-electron chi connectivity index (χ1n) is 7.12. The minimum Gasteiger partial charge on any atom is -0.270 e. The standard InChI is InChI=1S/C13H19N6O2/c1-5-17-11(20)9-10(16(4)13(17)21)14-12-18(9)7-8(3)15-19(12)6-2/h9H,5-7H2,1-4H3/q+1. The number of hydrazone groups is 1. The number of hydrogen-bond acceptors (Lipinski definition) is 5. The second-order valence-corrected chi connectivity index (χ2v) is 5.28. The Morgan fingerprint density at radius 3 is 2.62 bits per heavy atom. The van der Waals surface area contributed by atoms with Crippen LogP contribution >= 0.6 is 0 Å². The zero-order valence-corrected chi connectivity index (χ0v) is 12.7. The van der Waals surface area contributed by atoms with Crippen molar-refractivity contribution in [2.45, 2.75) is 26.8 Å². The van der Waals surface area contributed by atoms with Crippen LogP contribution in [0.25, 0.3) is 0 Å². The van der Waals surface area contributed by atoms with Gasteiger partial charge in [-0.2, -0.15) is 0 Å². The zero-order valence-electron chi connectivity index (χ0n) is 12.7. The summed E-state index contributed by atoms with van der Waals surface area (Å²) in [5.41, 5.74) is 0.924. The second kappa shape index (κ2) is 4.64. The minimum atomic E-state index is -0.526. The van der Waals surface area contributed by atoms with Gasteiger partial charge in [0, 0.05) is 13.6 Å². The van der Waals surface area contributed by atoms with Gasteiger partial charge in [-0.05, 0) is 20.8 Å². The molecule has 0 spiro atoms. The minimum absolute atomic E-state index is 0.208. The first-order valence-corrected chi connectivity index (χ1v) is 7.12. The molecule has 3 amide bonds. The van der Waals surface area contributed by atoms with E-state index in [9.17, 15) is 9.59 Å². The lowest BCUT2D eigenvalue weighted by Crippen LogP contribution is -2.63. The molecule has 3 aliphatic heterocycles. The van der Waals surface area contributed by atoms with Crippen LogP contribution in [-0.2, 0) is 4.79 Å². The average molecular weight is 291 g/mol. The van der Waals surface area contributed by atoms with Crippen LogP contribution in [0, 0.1) is 0 Å². The number of rotatable bonds is 2. The summed E-state index contributed by atoms with van der Waals surface area (Å²) in [5.74, 6) is 0.933. The van der Waals surface area contributed by atoms with Gasteiger partial charge in [0.2, 0.25) is 11.9 Å². The monoisotopic (exact) mass is 291 g/mol. The molecule has 0 bridgehead atoms. The lowest BCUT2D eigenvalue weighted by atomic mass is 10.1. The lowest BCUT2D eigenvalue weighted by Gasteiger charge is -2.33. The van der Waals surface area contributed by atoms with E-state index in [-0.39, 0.29) is 11.9 Å². The van der Waals surface area contributed by atoms with Crippen LogP contribution in [0.15, 0.2) is 10.1 Å². The number of hydrogen-bond donors (Lipinski definition) is 0. The predicted octanol–water partition coefficient (Wildman–Crippen LogP) is -0.239. The molecule has 21 heavy (non-hydrogen) atoms. The Kier molecular flexibility index (Phi) is 3.03. The van der Waals surface area contributed by atoms with Gasteiger partial charge in [0.1, 0.15) is 6.54 Å². The molecular formula is C13H19N6O2+. The Bertz CT molecular complexity index is 620. The van der Waals surface area contributed by atoms with Crippen LogP contribution in [0.4, 0.5) is 4.79 Å². The number of carbonyl (C=O) groups is 2. The van der Waals surface area contributed by atoms with Crippen molar-refractivity contribution < 1.29 is 14.2 Å². The quantitative estimate of drug-likeness (QED) is 0.659. The van der Waals surface area contributed by atoms with Crippen molar-refractivity contribution in [1.82, 2.24) is 14.8 Å². The number of nitrogens with zero attached hydrogens (tertiary/aromatic N) is 6. The van der Waals surface area contributed by atoms with Crippen molar-refractivity contribution in [2.24, 2.45) is 10.1 Å². The van der Waals surface area contributed by atoms with E-state index in [2.05, 4.69) is 10.1 Å². The molecule has 0 radical (unpaired) electrons. The molecule has 3 aliphatic rings. The van der Waals surface area contributed by atoms with Gasteiger partial charge in [0.05, 0.1) is 12.3 Å². The third kappa shape index (κ3) is 1.78. The van der Waals surface area contributed by atoms with Gasteiger partial charge in [-0.25, -0.2) is 9.37 Å². The smallest absolute Gasteiger partial charge is 0.270 e. The topological polar surface area (TPSA) is 71.6 Å². The van der Waals surface area contributed by atoms with Crippen molar-refractivity contribution in [2.75, 3.05) is 26.7 Å². The Hall–Kier alpha value is -2.25. The predicted molar refractivity (Wildman–Crippen MR) is 77.4 cm³/mol. The van der Waals surface area contributed by atoms with E-state index in [0.717, 1.165) is 5.71 Å². The van der Waals surface area contributed by atoms with Crippen molar-refractivity contribution in [3.63, 3.8) is 0 Å². The summed E-state index contributed by atoms with van der Waals surface area (Å²) in [4.78, 5) is 32.1. The molecule has 0 aromatic heterocycles. The van der Waals surface area contributed by atoms with E-state index in [1.54, 1.807) is 19.0 Å². The molecule has 1 unspecified atom stereocenters. The average Bonchev–Trinajstić information content (AvgIpc) is 2.84. The molecule has 112 valence electrons. The fourth-order valence-electron chi connectivity index (χ4n) is 2.91. The number of likely N-dealkylation sites (N-methyl/N-ethyl adjacent to an activating group) is 2. The maximum absolute atomic E-state index is 12.6. The maximum atomic E-state index is 12.6. The molecule has 0 aliphatic carbocycles. The molecule has 0 aromatic rings. The highest BCUT2D eigenvalue weighted by atomic mass is 16.2. The molecule has 1 fully saturated rings. The number of guanidine groups is 1. The number of amides is 3. The Labute approximate surface area is 123 Å². The van der Waals surface area contributed by atoms with E-state index < -0.39 is 6.04 Å². The maximum Gasteiger partial charge on any atom is 0.416 e. The van der Waals surface area contributed by atoms with Crippen LogP contribution in [-0.4, -0.2) is 81.6 Å². The molecule has 1 saturated heterocycles. The molecule has 8 nitrogen and oxygen atoms in total. The van der Waals surface area contributed by atoms with Gasteiger partial charge in [-0.15, -0.1) is 10.1 Å². The summed E-state index contributed by atoms with van der Waals surface area (Å²) < 4.78 is 1.93. The fraction of sp³-hybridized carbons (Fsp3) is 0.615. The molecule has 0 aromatic carbocycles. The molecular weight excluding hydrogens is 272 g/mol. The summed E-state index contributed by atoms with van der Waals surface area (Å²) >= 11 is 0. The molecule has 8 heteroatoms. The largest absolute Gasteiger partial charge is 0.416 e. The number of urea groups is 1. The lowest BCUT2D eigenvalue weighted by molar-refractivity contribution is -0.527. The van der Waals surface area contributed by atoms with Gasteiger partial charge >= 0.3 is 12.0 Å². The highest BCUT2D eigenvalue weighted by Gasteiger charge is 2.53. The first kappa shape index (κ1) is 13.7. The Morgan fingerprint density at radius 1 is 1.29 bits per heavy atom. The normalized spacial score (nSPS) is 25.1. The summed E-state index contributed by atoms with van der Waals surface area (Å²) in [6.45, 7) is 7.28. The van der Waals surface area contributed by atoms with Crippen molar-refractivity contribution >= 4 is 29.4 Å².